The Balaban J connectivity index is 2.50. The second-order valence-corrected chi connectivity index (χ2v) is 6.50. The van der Waals surface area contributed by atoms with E-state index in [1.165, 1.54) is 5.57 Å². The van der Waals surface area contributed by atoms with Crippen LogP contribution >= 0.6 is 23.8 Å². The Bertz CT molecular complexity index is 868. The SMILES string of the molecule is C/C=C(\C=C/CC)CCn1c(-c2ccccc2O)nc(C)c(Cl)c1=S. The number of nitrogens with zero attached hydrogens (tertiary/aromatic N) is 2. The van der Waals surface area contributed by atoms with E-state index in [4.69, 9.17) is 23.8 Å². The maximum absolute atomic E-state index is 10.2. The molecule has 0 spiro atoms. The topological polar surface area (TPSA) is 38.0 Å². The third-order valence-electron chi connectivity index (χ3n) is 3.99. The minimum atomic E-state index is 0.178. The maximum Gasteiger partial charge on any atom is 0.145 e. The van der Waals surface area contributed by atoms with Gasteiger partial charge in [-0.1, -0.05) is 66.7 Å². The van der Waals surface area contributed by atoms with Crippen LogP contribution in [0.5, 0.6) is 5.75 Å². The minimum absolute atomic E-state index is 0.178. The molecule has 2 rings (SSSR count). The summed E-state index contributed by atoms with van der Waals surface area (Å²) in [6, 6.07) is 7.14. The van der Waals surface area contributed by atoms with Crippen LogP contribution in [0.2, 0.25) is 5.02 Å². The molecule has 1 aromatic heterocycles. The van der Waals surface area contributed by atoms with Gasteiger partial charge in [-0.2, -0.15) is 0 Å². The first-order valence-corrected chi connectivity index (χ1v) is 9.15. The normalized spacial score (nSPS) is 12.1. The van der Waals surface area contributed by atoms with Crippen LogP contribution in [0.4, 0.5) is 0 Å². The van der Waals surface area contributed by atoms with E-state index in [9.17, 15) is 5.11 Å². The number of halogens is 1. The van der Waals surface area contributed by atoms with Gasteiger partial charge in [-0.3, -0.25) is 0 Å². The monoisotopic (exact) mass is 374 g/mol. The molecule has 0 atom stereocenters. The van der Waals surface area contributed by atoms with Crippen molar-refractivity contribution in [2.24, 2.45) is 0 Å². The van der Waals surface area contributed by atoms with Crippen LogP contribution in [0.3, 0.4) is 0 Å². The van der Waals surface area contributed by atoms with Gasteiger partial charge in [0.2, 0.25) is 0 Å². The Kier molecular flexibility index (Phi) is 6.97. The fourth-order valence-corrected chi connectivity index (χ4v) is 3.02. The molecule has 0 aliphatic carbocycles. The van der Waals surface area contributed by atoms with E-state index in [2.05, 4.69) is 30.1 Å². The Labute approximate surface area is 159 Å². The van der Waals surface area contributed by atoms with Crippen LogP contribution < -0.4 is 0 Å². The molecule has 0 saturated heterocycles. The second-order valence-electron chi connectivity index (χ2n) is 5.73. The van der Waals surface area contributed by atoms with Gasteiger partial charge in [0, 0.05) is 6.54 Å². The van der Waals surface area contributed by atoms with Crippen LogP contribution in [0, 0.1) is 11.6 Å². The fraction of sp³-hybridized carbons (Fsp3) is 0.300. The molecule has 0 aliphatic rings. The molecule has 3 nitrogen and oxygen atoms in total. The molecule has 0 radical (unpaired) electrons. The van der Waals surface area contributed by atoms with Crippen molar-refractivity contribution in [2.45, 2.75) is 40.2 Å². The van der Waals surface area contributed by atoms with Crippen molar-refractivity contribution >= 4 is 23.8 Å². The van der Waals surface area contributed by atoms with Crippen LogP contribution in [-0.2, 0) is 6.54 Å². The van der Waals surface area contributed by atoms with E-state index in [-0.39, 0.29) is 5.75 Å². The number of phenolic OH excluding ortho intramolecular Hbond substituents is 1. The number of hydrogen-bond acceptors (Lipinski definition) is 3. The molecule has 0 bridgehead atoms. The second kappa shape index (κ2) is 8.97. The van der Waals surface area contributed by atoms with Gasteiger partial charge in [0.15, 0.2) is 0 Å². The van der Waals surface area contributed by atoms with Gasteiger partial charge in [0.1, 0.15) is 16.2 Å². The Morgan fingerprint density at radius 1 is 1.36 bits per heavy atom. The standard InChI is InChI=1S/C20H23ClN2OS/c1-4-6-9-15(5-2)12-13-23-19(16-10-7-8-11-17(16)24)22-14(3)18(21)20(23)25/h5-11,24H,4,12-13H2,1-3H3/b9-6-,15-5+. The van der Waals surface area contributed by atoms with Crippen molar-refractivity contribution in [2.75, 3.05) is 0 Å². The third-order valence-corrected chi connectivity index (χ3v) is 4.98. The largest absolute Gasteiger partial charge is 0.507 e. The van der Waals surface area contributed by atoms with Crippen molar-refractivity contribution in [3.8, 4) is 17.1 Å². The molecule has 0 unspecified atom stereocenters. The summed E-state index contributed by atoms with van der Waals surface area (Å²) < 4.78 is 2.45. The Hall–Kier alpha value is -1.91. The number of rotatable bonds is 6. The summed E-state index contributed by atoms with van der Waals surface area (Å²) in [7, 11) is 0. The number of aromatic hydroxyl groups is 1. The van der Waals surface area contributed by atoms with Gasteiger partial charge in [-0.25, -0.2) is 4.98 Å². The highest BCUT2D eigenvalue weighted by Crippen LogP contribution is 2.30. The first-order chi connectivity index (χ1) is 12.0. The van der Waals surface area contributed by atoms with Crippen molar-refractivity contribution < 1.29 is 5.11 Å². The smallest absolute Gasteiger partial charge is 0.145 e. The summed E-state index contributed by atoms with van der Waals surface area (Å²) in [6.45, 7) is 6.61. The van der Waals surface area contributed by atoms with Gasteiger partial charge in [-0.15, -0.1) is 0 Å². The predicted octanol–water partition coefficient (Wildman–Crippen LogP) is 6.25. The molecule has 1 heterocycles. The Morgan fingerprint density at radius 3 is 2.72 bits per heavy atom. The average Bonchev–Trinajstić information content (AvgIpc) is 2.61. The average molecular weight is 375 g/mol. The van der Waals surface area contributed by atoms with Gasteiger partial charge >= 0.3 is 0 Å². The summed E-state index contributed by atoms with van der Waals surface area (Å²) in [5.41, 5.74) is 2.54. The van der Waals surface area contributed by atoms with Crippen LogP contribution in [-0.4, -0.2) is 14.7 Å². The Morgan fingerprint density at radius 2 is 2.08 bits per heavy atom. The number of hydrogen-bond donors (Lipinski definition) is 1. The highest BCUT2D eigenvalue weighted by molar-refractivity contribution is 7.71. The van der Waals surface area contributed by atoms with Crippen molar-refractivity contribution in [1.29, 1.82) is 0 Å². The third kappa shape index (κ3) is 4.59. The van der Waals surface area contributed by atoms with Crippen LogP contribution in [0.25, 0.3) is 11.4 Å². The molecule has 0 fully saturated rings. The number of aromatic nitrogens is 2. The lowest BCUT2D eigenvalue weighted by Gasteiger charge is -2.16. The summed E-state index contributed by atoms with van der Waals surface area (Å²) in [4.78, 5) is 4.60. The van der Waals surface area contributed by atoms with E-state index in [1.807, 2.05) is 30.5 Å². The zero-order chi connectivity index (χ0) is 18.4. The summed E-state index contributed by atoms with van der Waals surface area (Å²) in [5, 5.41) is 10.7. The molecule has 2 aromatic rings. The lowest BCUT2D eigenvalue weighted by Crippen LogP contribution is -2.09. The lowest BCUT2D eigenvalue weighted by atomic mass is 10.1. The first kappa shape index (κ1) is 19.4. The zero-order valence-electron chi connectivity index (χ0n) is 14.8. The predicted molar refractivity (Wildman–Crippen MR) is 108 cm³/mol. The van der Waals surface area contributed by atoms with Crippen molar-refractivity contribution in [3.63, 3.8) is 0 Å². The van der Waals surface area contributed by atoms with Gasteiger partial charge < -0.3 is 9.67 Å². The molecule has 0 aliphatic heterocycles. The van der Waals surface area contributed by atoms with E-state index in [0.717, 1.165) is 12.8 Å². The maximum atomic E-state index is 10.2. The van der Waals surface area contributed by atoms with Gasteiger partial charge in [0.05, 0.1) is 16.3 Å². The molecule has 5 heteroatoms. The first-order valence-electron chi connectivity index (χ1n) is 8.36. The minimum Gasteiger partial charge on any atom is -0.507 e. The van der Waals surface area contributed by atoms with E-state index in [1.54, 1.807) is 12.1 Å². The molecule has 1 aromatic carbocycles. The number of allylic oxidation sites excluding steroid dienone is 4. The summed E-state index contributed by atoms with van der Waals surface area (Å²) >= 11 is 11.9. The van der Waals surface area contributed by atoms with Gasteiger partial charge in [-0.05, 0) is 38.8 Å². The molecular weight excluding hydrogens is 352 g/mol. The summed E-state index contributed by atoms with van der Waals surface area (Å²) in [6.07, 6.45) is 8.17. The fourth-order valence-electron chi connectivity index (χ4n) is 2.55. The van der Waals surface area contributed by atoms with Crippen molar-refractivity contribution in [1.82, 2.24) is 9.55 Å². The molecular formula is C20H23ClN2OS. The van der Waals surface area contributed by atoms with E-state index >= 15 is 0 Å². The lowest BCUT2D eigenvalue weighted by molar-refractivity contribution is 0.476. The summed E-state index contributed by atoms with van der Waals surface area (Å²) in [5.74, 6) is 0.817. The number of phenols is 1. The highest BCUT2D eigenvalue weighted by atomic mass is 35.5. The molecule has 132 valence electrons. The van der Waals surface area contributed by atoms with Crippen molar-refractivity contribution in [3.05, 3.63) is 63.4 Å². The highest BCUT2D eigenvalue weighted by Gasteiger charge is 2.14. The van der Waals surface area contributed by atoms with Crippen LogP contribution in [0.15, 0.2) is 48.1 Å². The van der Waals surface area contributed by atoms with Gasteiger partial charge in [0.25, 0.3) is 0 Å². The molecule has 0 amide bonds. The molecule has 25 heavy (non-hydrogen) atoms. The van der Waals surface area contributed by atoms with E-state index in [0.29, 0.717) is 33.3 Å². The quantitative estimate of drug-likeness (QED) is 0.479. The molecule has 1 N–H and O–H groups in total. The number of benzene rings is 1. The number of aryl methyl sites for hydroxylation is 1. The molecule has 0 saturated carbocycles. The zero-order valence-corrected chi connectivity index (χ0v) is 16.4. The number of para-hydroxylation sites is 1. The van der Waals surface area contributed by atoms with Crippen LogP contribution in [0.1, 0.15) is 32.4 Å². The van der Waals surface area contributed by atoms with E-state index < -0.39 is 0 Å².